The zero-order valence-corrected chi connectivity index (χ0v) is 13.5. The number of nitrogens with one attached hydrogen (secondary N) is 1. The molecule has 1 aromatic heterocycles. The molecule has 1 aromatic carbocycles. The molecule has 9 heteroatoms. The Hall–Kier alpha value is -1.84. The van der Waals surface area contributed by atoms with Crippen LogP contribution < -0.4 is 16.0 Å². The van der Waals surface area contributed by atoms with Gasteiger partial charge >= 0.3 is 0 Å². The minimum Gasteiger partial charge on any atom is -0.318 e. The second kappa shape index (κ2) is 6.34. The number of benzene rings is 1. The van der Waals surface area contributed by atoms with Crippen molar-refractivity contribution in [1.82, 2.24) is 9.88 Å². The highest BCUT2D eigenvalue weighted by Crippen LogP contribution is 2.24. The molecule has 0 saturated heterocycles. The van der Waals surface area contributed by atoms with Crippen molar-refractivity contribution in [3.05, 3.63) is 45.9 Å². The lowest BCUT2D eigenvalue weighted by Gasteiger charge is -2.17. The van der Waals surface area contributed by atoms with Crippen LogP contribution in [0, 0.1) is 11.6 Å². The predicted molar refractivity (Wildman–Crippen MR) is 83.5 cm³/mol. The molecule has 126 valence electrons. The average Bonchev–Trinajstić information content (AvgIpc) is 2.40. The van der Waals surface area contributed by atoms with Gasteiger partial charge in [-0.3, -0.25) is 4.79 Å². The van der Waals surface area contributed by atoms with Crippen molar-refractivity contribution >= 4 is 20.8 Å². The van der Waals surface area contributed by atoms with Crippen LogP contribution in [-0.4, -0.2) is 25.3 Å². The number of sulfonamides is 1. The largest absolute Gasteiger partial charge is 0.318 e. The standard InChI is InChI=1S/C14H17F2N3O3S/c1-8(18-3-4-23(17,21)22)11-7-19(2)14(20)13-10(11)5-9(15)6-12(13)16/h5-8,18H,3-4H2,1-2H3,(H2,17,21,22). The molecule has 23 heavy (non-hydrogen) atoms. The molecule has 0 aliphatic rings. The minimum absolute atomic E-state index is 0.0716. The van der Waals surface area contributed by atoms with Crippen LogP contribution in [0.1, 0.15) is 18.5 Å². The van der Waals surface area contributed by atoms with Crippen molar-refractivity contribution in [2.45, 2.75) is 13.0 Å². The molecule has 0 fully saturated rings. The Morgan fingerprint density at radius 3 is 2.61 bits per heavy atom. The summed E-state index contributed by atoms with van der Waals surface area (Å²) >= 11 is 0. The molecule has 0 amide bonds. The number of nitrogens with two attached hydrogens (primary N) is 1. The fraction of sp³-hybridized carbons (Fsp3) is 0.357. The van der Waals surface area contributed by atoms with Crippen LogP contribution in [0.5, 0.6) is 0 Å². The van der Waals surface area contributed by atoms with Gasteiger partial charge in [0.1, 0.15) is 11.6 Å². The highest BCUT2D eigenvalue weighted by atomic mass is 32.2. The van der Waals surface area contributed by atoms with Gasteiger partial charge in [0.05, 0.1) is 11.1 Å². The van der Waals surface area contributed by atoms with Gasteiger partial charge in [0.25, 0.3) is 5.56 Å². The van der Waals surface area contributed by atoms with Gasteiger partial charge in [-0.05, 0) is 23.9 Å². The Morgan fingerprint density at radius 2 is 2.00 bits per heavy atom. The van der Waals surface area contributed by atoms with E-state index < -0.39 is 33.3 Å². The van der Waals surface area contributed by atoms with Crippen LogP contribution in [0.3, 0.4) is 0 Å². The lowest BCUT2D eigenvalue weighted by molar-refractivity contribution is 0.570. The van der Waals surface area contributed by atoms with Gasteiger partial charge in [-0.25, -0.2) is 22.3 Å². The normalized spacial score (nSPS) is 13.4. The fourth-order valence-corrected chi connectivity index (χ4v) is 2.81. The van der Waals surface area contributed by atoms with Crippen molar-refractivity contribution in [1.29, 1.82) is 0 Å². The van der Waals surface area contributed by atoms with Crippen molar-refractivity contribution in [2.75, 3.05) is 12.3 Å². The molecule has 2 rings (SSSR count). The number of nitrogens with zero attached hydrogens (tertiary/aromatic N) is 1. The van der Waals surface area contributed by atoms with E-state index in [0.29, 0.717) is 11.6 Å². The Balaban J connectivity index is 2.48. The molecule has 0 radical (unpaired) electrons. The van der Waals surface area contributed by atoms with E-state index in [1.807, 2.05) is 0 Å². The van der Waals surface area contributed by atoms with Gasteiger partial charge in [-0.2, -0.15) is 0 Å². The summed E-state index contributed by atoms with van der Waals surface area (Å²) in [7, 11) is -2.15. The van der Waals surface area contributed by atoms with E-state index in [9.17, 15) is 22.0 Å². The van der Waals surface area contributed by atoms with Crippen molar-refractivity contribution in [3.63, 3.8) is 0 Å². The van der Waals surface area contributed by atoms with Crippen LogP contribution in [0.15, 0.2) is 23.1 Å². The number of aromatic nitrogens is 1. The zero-order valence-electron chi connectivity index (χ0n) is 12.6. The van der Waals surface area contributed by atoms with Crippen molar-refractivity contribution in [2.24, 2.45) is 12.2 Å². The first kappa shape index (κ1) is 17.5. The molecule has 3 N–H and O–H groups in total. The monoisotopic (exact) mass is 345 g/mol. The number of halogens is 2. The molecule has 1 unspecified atom stereocenters. The SMILES string of the molecule is CC(NCCS(N)(=O)=O)c1cn(C)c(=O)c2c(F)cc(F)cc12. The van der Waals surface area contributed by atoms with E-state index in [1.165, 1.54) is 17.8 Å². The Bertz CT molecular complexity index is 910. The lowest BCUT2D eigenvalue weighted by Crippen LogP contribution is -2.30. The van der Waals surface area contributed by atoms with Crippen molar-refractivity contribution < 1.29 is 17.2 Å². The lowest BCUT2D eigenvalue weighted by atomic mass is 10.0. The third-order valence-electron chi connectivity index (χ3n) is 3.54. The summed E-state index contributed by atoms with van der Waals surface area (Å²) in [6.07, 6.45) is 1.47. The molecule has 0 saturated carbocycles. The number of hydrogen-bond donors (Lipinski definition) is 2. The van der Waals surface area contributed by atoms with Gasteiger partial charge in [-0.1, -0.05) is 0 Å². The molecular weight excluding hydrogens is 328 g/mol. The van der Waals surface area contributed by atoms with E-state index in [-0.39, 0.29) is 23.1 Å². The summed E-state index contributed by atoms with van der Waals surface area (Å²) < 4.78 is 50.6. The van der Waals surface area contributed by atoms with Crippen LogP contribution in [0.2, 0.25) is 0 Å². The maximum Gasteiger partial charge on any atom is 0.261 e. The summed E-state index contributed by atoms with van der Waals surface area (Å²) in [4.78, 5) is 12.1. The summed E-state index contributed by atoms with van der Waals surface area (Å²) in [5.74, 6) is -2.00. The molecular formula is C14H17F2N3O3S. The highest BCUT2D eigenvalue weighted by molar-refractivity contribution is 7.89. The molecule has 2 aromatic rings. The van der Waals surface area contributed by atoms with E-state index >= 15 is 0 Å². The molecule has 1 heterocycles. The van der Waals surface area contributed by atoms with Crippen LogP contribution in [0.4, 0.5) is 8.78 Å². The van der Waals surface area contributed by atoms with Gasteiger partial charge in [0.15, 0.2) is 0 Å². The first-order valence-corrected chi connectivity index (χ1v) is 8.54. The van der Waals surface area contributed by atoms with Gasteiger partial charge in [0, 0.05) is 31.9 Å². The highest BCUT2D eigenvalue weighted by Gasteiger charge is 2.17. The van der Waals surface area contributed by atoms with E-state index in [2.05, 4.69) is 5.32 Å². The average molecular weight is 345 g/mol. The molecule has 0 bridgehead atoms. The summed E-state index contributed by atoms with van der Waals surface area (Å²) in [6.45, 7) is 1.77. The first-order valence-electron chi connectivity index (χ1n) is 6.82. The first-order chi connectivity index (χ1) is 10.6. The van der Waals surface area contributed by atoms with E-state index in [4.69, 9.17) is 5.14 Å². The third-order valence-corrected chi connectivity index (χ3v) is 4.31. The van der Waals surface area contributed by atoms with E-state index in [1.54, 1.807) is 6.92 Å². The van der Waals surface area contributed by atoms with Gasteiger partial charge in [0.2, 0.25) is 10.0 Å². The Kier molecular flexibility index (Phi) is 4.83. The predicted octanol–water partition coefficient (Wildman–Crippen LogP) is 0.756. The Morgan fingerprint density at radius 1 is 1.35 bits per heavy atom. The molecule has 6 nitrogen and oxygen atoms in total. The van der Waals surface area contributed by atoms with Crippen molar-refractivity contribution in [3.8, 4) is 0 Å². The topological polar surface area (TPSA) is 94.2 Å². The second-order valence-electron chi connectivity index (χ2n) is 5.35. The van der Waals surface area contributed by atoms with Gasteiger partial charge in [-0.15, -0.1) is 0 Å². The summed E-state index contributed by atoms with van der Waals surface area (Å²) in [6, 6.07) is 1.31. The number of fused-ring (bicyclic) bond motifs is 1. The summed E-state index contributed by atoms with van der Waals surface area (Å²) in [5.41, 5.74) is -0.0899. The third kappa shape index (κ3) is 3.92. The maximum atomic E-state index is 14.0. The number of hydrogen-bond acceptors (Lipinski definition) is 4. The zero-order chi connectivity index (χ0) is 17.4. The minimum atomic E-state index is -3.61. The summed E-state index contributed by atoms with van der Waals surface area (Å²) in [5, 5.41) is 7.79. The van der Waals surface area contributed by atoms with Gasteiger partial charge < -0.3 is 9.88 Å². The maximum absolute atomic E-state index is 14.0. The molecule has 1 atom stereocenters. The van der Waals surface area contributed by atoms with Crippen LogP contribution in [0.25, 0.3) is 10.8 Å². The number of rotatable bonds is 5. The fourth-order valence-electron chi connectivity index (χ4n) is 2.40. The smallest absolute Gasteiger partial charge is 0.261 e. The quantitative estimate of drug-likeness (QED) is 0.836. The van der Waals surface area contributed by atoms with Crippen LogP contribution in [-0.2, 0) is 17.1 Å². The molecule has 0 spiro atoms. The second-order valence-corrected chi connectivity index (χ2v) is 7.09. The Labute approximate surface area is 132 Å². The van der Waals surface area contributed by atoms with Crippen LogP contribution >= 0.6 is 0 Å². The number of primary sulfonamides is 1. The molecule has 0 aliphatic carbocycles. The van der Waals surface area contributed by atoms with E-state index in [0.717, 1.165) is 6.07 Å². The number of pyridine rings is 1. The number of aryl methyl sites for hydroxylation is 1. The molecule has 0 aliphatic heterocycles.